The van der Waals surface area contributed by atoms with Crippen molar-refractivity contribution < 1.29 is 8.42 Å². The molecule has 0 bridgehead atoms. The first-order valence-electron chi connectivity index (χ1n) is 7.10. The number of anilines is 1. The molecule has 4 nitrogen and oxygen atoms in total. The second-order valence-electron chi connectivity index (χ2n) is 6.79. The highest BCUT2D eigenvalue weighted by molar-refractivity contribution is 7.90. The molecule has 0 radical (unpaired) electrons. The van der Waals surface area contributed by atoms with Crippen LogP contribution in [0.3, 0.4) is 0 Å². The summed E-state index contributed by atoms with van der Waals surface area (Å²) in [4.78, 5) is 4.02. The minimum Gasteiger partial charge on any atom is -0.381 e. The molecule has 1 fully saturated rings. The third-order valence-electron chi connectivity index (χ3n) is 4.16. The largest absolute Gasteiger partial charge is 0.381 e. The summed E-state index contributed by atoms with van der Waals surface area (Å²) in [5.74, 6) is 0.605. The molecule has 1 saturated carbocycles. The SMILES string of the molecule is CC1CC(C)(C)CCC1Nc1ccc(S(C)(=O)=O)nc1. The van der Waals surface area contributed by atoms with Crippen LogP contribution in [0.25, 0.3) is 0 Å². The Morgan fingerprint density at radius 2 is 2.05 bits per heavy atom. The molecule has 1 heterocycles. The van der Waals surface area contributed by atoms with Crippen LogP contribution in [0, 0.1) is 11.3 Å². The summed E-state index contributed by atoms with van der Waals surface area (Å²) in [7, 11) is -3.22. The van der Waals surface area contributed by atoms with Crippen LogP contribution in [0.1, 0.15) is 40.0 Å². The van der Waals surface area contributed by atoms with E-state index in [4.69, 9.17) is 0 Å². The molecule has 20 heavy (non-hydrogen) atoms. The standard InChI is InChI=1S/C15H24N2O2S/c1-11-9-15(2,3)8-7-13(11)17-12-5-6-14(16-10-12)20(4,18)19/h5-6,10-11,13,17H,7-9H2,1-4H3. The fourth-order valence-corrected chi connectivity index (χ4v) is 3.62. The zero-order valence-electron chi connectivity index (χ0n) is 12.7. The highest BCUT2D eigenvalue weighted by atomic mass is 32.2. The van der Waals surface area contributed by atoms with Crippen LogP contribution < -0.4 is 5.32 Å². The van der Waals surface area contributed by atoms with Crippen molar-refractivity contribution in [2.24, 2.45) is 11.3 Å². The summed E-state index contributed by atoms with van der Waals surface area (Å²) in [5.41, 5.74) is 1.32. The van der Waals surface area contributed by atoms with Crippen LogP contribution in [0.15, 0.2) is 23.4 Å². The second-order valence-corrected chi connectivity index (χ2v) is 8.76. The summed E-state index contributed by atoms with van der Waals surface area (Å²) < 4.78 is 22.7. The first kappa shape index (κ1) is 15.3. The van der Waals surface area contributed by atoms with E-state index in [9.17, 15) is 8.42 Å². The van der Waals surface area contributed by atoms with E-state index in [1.165, 1.54) is 19.1 Å². The van der Waals surface area contributed by atoms with Crippen molar-refractivity contribution in [1.29, 1.82) is 0 Å². The van der Waals surface area contributed by atoms with E-state index < -0.39 is 9.84 Å². The van der Waals surface area contributed by atoms with Crippen molar-refractivity contribution in [3.8, 4) is 0 Å². The van der Waals surface area contributed by atoms with Crippen molar-refractivity contribution in [2.75, 3.05) is 11.6 Å². The van der Waals surface area contributed by atoms with E-state index in [0.717, 1.165) is 12.1 Å². The van der Waals surface area contributed by atoms with Crippen LogP contribution in [-0.2, 0) is 9.84 Å². The Balaban J connectivity index is 2.04. The minimum absolute atomic E-state index is 0.126. The van der Waals surface area contributed by atoms with Crippen LogP contribution in [0.2, 0.25) is 0 Å². The van der Waals surface area contributed by atoms with Crippen LogP contribution >= 0.6 is 0 Å². The maximum Gasteiger partial charge on any atom is 0.192 e. The van der Waals surface area contributed by atoms with E-state index >= 15 is 0 Å². The number of sulfone groups is 1. The Hall–Kier alpha value is -1.10. The molecule has 0 spiro atoms. The number of rotatable bonds is 3. The van der Waals surface area contributed by atoms with Gasteiger partial charge in [0.05, 0.1) is 11.9 Å². The van der Waals surface area contributed by atoms with Crippen LogP contribution in [-0.4, -0.2) is 25.7 Å². The molecular weight excluding hydrogens is 272 g/mol. The molecule has 2 unspecified atom stereocenters. The van der Waals surface area contributed by atoms with Crippen molar-refractivity contribution in [3.05, 3.63) is 18.3 Å². The normalized spacial score (nSPS) is 26.2. The van der Waals surface area contributed by atoms with E-state index in [2.05, 4.69) is 31.1 Å². The molecule has 0 amide bonds. The van der Waals surface area contributed by atoms with Gasteiger partial charge in [-0.3, -0.25) is 0 Å². The predicted octanol–water partition coefficient (Wildman–Crippen LogP) is 3.11. The van der Waals surface area contributed by atoms with Gasteiger partial charge >= 0.3 is 0 Å². The molecule has 5 heteroatoms. The van der Waals surface area contributed by atoms with Gasteiger partial charge in [-0.05, 0) is 42.7 Å². The van der Waals surface area contributed by atoms with Gasteiger partial charge in [-0.15, -0.1) is 0 Å². The van der Waals surface area contributed by atoms with Gasteiger partial charge in [-0.25, -0.2) is 13.4 Å². The smallest absolute Gasteiger partial charge is 0.192 e. The molecular formula is C15H24N2O2S. The van der Waals surface area contributed by atoms with Gasteiger partial charge in [0, 0.05) is 12.3 Å². The summed E-state index contributed by atoms with van der Waals surface area (Å²) in [5, 5.41) is 3.62. The lowest BCUT2D eigenvalue weighted by molar-refractivity contribution is 0.177. The van der Waals surface area contributed by atoms with Gasteiger partial charge in [-0.1, -0.05) is 20.8 Å². The lowest BCUT2D eigenvalue weighted by atomic mass is 9.70. The lowest BCUT2D eigenvalue weighted by Gasteiger charge is -2.39. The summed E-state index contributed by atoms with van der Waals surface area (Å²) in [6.07, 6.45) is 6.35. The van der Waals surface area contributed by atoms with Crippen LogP contribution in [0.4, 0.5) is 5.69 Å². The average molecular weight is 296 g/mol. The Kier molecular flexibility index (Phi) is 4.09. The minimum atomic E-state index is -3.22. The number of aromatic nitrogens is 1. The summed E-state index contributed by atoms with van der Waals surface area (Å²) in [6.45, 7) is 6.92. The predicted molar refractivity (Wildman–Crippen MR) is 81.6 cm³/mol. The average Bonchev–Trinajstić information content (AvgIpc) is 2.32. The second kappa shape index (κ2) is 5.35. The van der Waals surface area contributed by atoms with Gasteiger partial charge in [-0.2, -0.15) is 0 Å². The van der Waals surface area contributed by atoms with Gasteiger partial charge in [0.2, 0.25) is 0 Å². The third-order valence-corrected chi connectivity index (χ3v) is 5.16. The molecule has 1 N–H and O–H groups in total. The van der Waals surface area contributed by atoms with Gasteiger partial charge in [0.1, 0.15) is 0 Å². The van der Waals surface area contributed by atoms with Crippen molar-refractivity contribution in [1.82, 2.24) is 4.98 Å². The fourth-order valence-electron chi connectivity index (χ4n) is 3.06. The van der Waals surface area contributed by atoms with Crippen LogP contribution in [0.5, 0.6) is 0 Å². The van der Waals surface area contributed by atoms with Gasteiger partial charge < -0.3 is 5.32 Å². The Morgan fingerprint density at radius 3 is 2.55 bits per heavy atom. The first-order valence-corrected chi connectivity index (χ1v) is 8.99. The lowest BCUT2D eigenvalue weighted by Crippen LogP contribution is -2.36. The zero-order valence-corrected chi connectivity index (χ0v) is 13.5. The zero-order chi connectivity index (χ0) is 15.0. The number of hydrogen-bond donors (Lipinski definition) is 1. The molecule has 1 aliphatic rings. The molecule has 2 atom stereocenters. The maximum absolute atomic E-state index is 11.4. The highest BCUT2D eigenvalue weighted by Gasteiger charge is 2.32. The molecule has 2 rings (SSSR count). The summed E-state index contributed by atoms with van der Waals surface area (Å²) in [6, 6.07) is 3.80. The molecule has 1 aromatic rings. The Bertz CT molecular complexity index is 564. The number of hydrogen-bond acceptors (Lipinski definition) is 4. The van der Waals surface area contributed by atoms with E-state index in [0.29, 0.717) is 17.4 Å². The molecule has 0 saturated heterocycles. The van der Waals surface area contributed by atoms with Crippen molar-refractivity contribution in [3.63, 3.8) is 0 Å². The quantitative estimate of drug-likeness (QED) is 0.931. The molecule has 0 aliphatic heterocycles. The highest BCUT2D eigenvalue weighted by Crippen LogP contribution is 2.39. The van der Waals surface area contributed by atoms with E-state index in [1.807, 2.05) is 0 Å². The summed E-state index contributed by atoms with van der Waals surface area (Å²) >= 11 is 0. The number of nitrogens with zero attached hydrogens (tertiary/aromatic N) is 1. The molecule has 1 aromatic heterocycles. The Morgan fingerprint density at radius 1 is 1.35 bits per heavy atom. The first-order chi connectivity index (χ1) is 9.17. The van der Waals surface area contributed by atoms with Crippen molar-refractivity contribution >= 4 is 15.5 Å². The number of nitrogens with one attached hydrogen (secondary N) is 1. The van der Waals surface area contributed by atoms with Crippen molar-refractivity contribution in [2.45, 2.75) is 51.1 Å². The Labute approximate surface area is 121 Å². The molecule has 0 aromatic carbocycles. The number of pyridine rings is 1. The van der Waals surface area contributed by atoms with Gasteiger partial charge in [0.15, 0.2) is 14.9 Å². The maximum atomic E-state index is 11.4. The monoisotopic (exact) mass is 296 g/mol. The molecule has 1 aliphatic carbocycles. The van der Waals surface area contributed by atoms with E-state index in [-0.39, 0.29) is 5.03 Å². The topological polar surface area (TPSA) is 59.1 Å². The van der Waals surface area contributed by atoms with Gasteiger partial charge in [0.25, 0.3) is 0 Å². The third kappa shape index (κ3) is 3.72. The fraction of sp³-hybridized carbons (Fsp3) is 0.667. The molecule has 112 valence electrons. The van der Waals surface area contributed by atoms with E-state index in [1.54, 1.807) is 18.3 Å².